The van der Waals surface area contributed by atoms with Gasteiger partial charge in [-0.05, 0) is 47.5 Å². The lowest BCUT2D eigenvalue weighted by atomic mass is 9.90. The fourth-order valence-electron chi connectivity index (χ4n) is 2.41. The smallest absolute Gasteiger partial charge is 0.166 e. The maximum atomic E-state index is 14.6. The standard InChI is InChI=1S/C27H34F4.C2H4/c1-11-17(4)12-13-18(5)22(9)26(30)27(31)23(10)20(7)15-14-19(6)21(8)25(29)24(28)16(2)3;1-2/h14-15,17-18H,2,6-13H2,1,3-5H3;1-2H2/b15-14-,25-24-,27-26-;. The van der Waals surface area contributed by atoms with Gasteiger partial charge in [-0.2, -0.15) is 0 Å². The molecule has 0 N–H and O–H groups in total. The topological polar surface area (TPSA) is 0 Å². The monoisotopic (exact) mass is 462 g/mol. The van der Waals surface area contributed by atoms with Crippen molar-refractivity contribution in [3.05, 3.63) is 122 Å². The molecule has 0 aromatic carbocycles. The molecule has 0 aliphatic rings. The van der Waals surface area contributed by atoms with E-state index in [0.717, 1.165) is 12.8 Å². The second-order valence-electron chi connectivity index (χ2n) is 7.89. The molecule has 0 saturated heterocycles. The summed E-state index contributed by atoms with van der Waals surface area (Å²) >= 11 is 0. The zero-order valence-electron chi connectivity index (χ0n) is 20.6. The number of halogens is 4. The Hall–Kier alpha value is -2.88. The first-order valence-electron chi connectivity index (χ1n) is 10.7. The molecule has 0 amide bonds. The van der Waals surface area contributed by atoms with Crippen LogP contribution in [0.3, 0.4) is 0 Å². The maximum absolute atomic E-state index is 14.6. The molecule has 2 atom stereocenters. The third-order valence-electron chi connectivity index (χ3n) is 5.22. The third kappa shape index (κ3) is 10.5. The van der Waals surface area contributed by atoms with Crippen molar-refractivity contribution >= 4 is 0 Å². The van der Waals surface area contributed by atoms with E-state index < -0.39 is 23.3 Å². The summed E-state index contributed by atoms with van der Waals surface area (Å²) in [5.74, 6) is -4.25. The molecule has 0 radical (unpaired) electrons. The van der Waals surface area contributed by atoms with Crippen LogP contribution in [-0.2, 0) is 0 Å². The summed E-state index contributed by atoms with van der Waals surface area (Å²) in [5.41, 5.74) is -0.497. The van der Waals surface area contributed by atoms with Crippen molar-refractivity contribution in [2.24, 2.45) is 11.8 Å². The fraction of sp³-hybridized carbons (Fsp3) is 0.310. The molecule has 2 unspecified atom stereocenters. The van der Waals surface area contributed by atoms with Gasteiger partial charge in [0.25, 0.3) is 0 Å². The molecular weight excluding hydrogens is 424 g/mol. The molecule has 0 bridgehead atoms. The molecule has 33 heavy (non-hydrogen) atoms. The molecule has 0 aliphatic carbocycles. The van der Waals surface area contributed by atoms with Gasteiger partial charge in [0.05, 0.1) is 0 Å². The minimum atomic E-state index is -1.19. The molecule has 182 valence electrons. The molecule has 0 heterocycles. The van der Waals surface area contributed by atoms with Gasteiger partial charge >= 0.3 is 0 Å². The summed E-state index contributed by atoms with van der Waals surface area (Å²) in [6.45, 7) is 34.6. The Balaban J connectivity index is 0. The Bertz CT molecular complexity index is 877. The van der Waals surface area contributed by atoms with Crippen LogP contribution in [0.25, 0.3) is 0 Å². The summed E-state index contributed by atoms with van der Waals surface area (Å²) in [7, 11) is 0. The quantitative estimate of drug-likeness (QED) is 0.145. The third-order valence-corrected chi connectivity index (χ3v) is 5.22. The minimum Gasteiger partial charge on any atom is -0.203 e. The summed E-state index contributed by atoms with van der Waals surface area (Å²) in [6, 6.07) is 0. The van der Waals surface area contributed by atoms with E-state index in [4.69, 9.17) is 0 Å². The van der Waals surface area contributed by atoms with Crippen molar-refractivity contribution in [2.45, 2.75) is 47.0 Å². The Labute approximate surface area is 198 Å². The second-order valence-corrected chi connectivity index (χ2v) is 7.89. The second kappa shape index (κ2) is 15.8. The van der Waals surface area contributed by atoms with Gasteiger partial charge in [0.1, 0.15) is 0 Å². The van der Waals surface area contributed by atoms with Crippen LogP contribution in [0, 0.1) is 11.8 Å². The predicted octanol–water partition coefficient (Wildman–Crippen LogP) is 10.5. The summed E-state index contributed by atoms with van der Waals surface area (Å²) in [4.78, 5) is 0. The number of hydrogen-bond acceptors (Lipinski definition) is 0. The molecular formula is C29H38F4. The van der Waals surface area contributed by atoms with Crippen LogP contribution in [-0.4, -0.2) is 0 Å². The molecule has 4 heteroatoms. The molecule has 0 aromatic heterocycles. The summed E-state index contributed by atoms with van der Waals surface area (Å²) in [5, 5.41) is 0. The summed E-state index contributed by atoms with van der Waals surface area (Å²) in [6.07, 6.45) is 5.17. The summed E-state index contributed by atoms with van der Waals surface area (Å²) < 4.78 is 56.8. The van der Waals surface area contributed by atoms with Gasteiger partial charge in [0.15, 0.2) is 23.3 Å². The normalized spacial score (nSPS) is 14.2. The first-order valence-corrected chi connectivity index (χ1v) is 10.7. The van der Waals surface area contributed by atoms with Gasteiger partial charge in [-0.1, -0.05) is 85.2 Å². The lowest BCUT2D eigenvalue weighted by molar-refractivity contribution is 0.440. The van der Waals surface area contributed by atoms with Crippen LogP contribution in [0.2, 0.25) is 0 Å². The van der Waals surface area contributed by atoms with Crippen molar-refractivity contribution in [2.75, 3.05) is 0 Å². The predicted molar refractivity (Wildman–Crippen MR) is 137 cm³/mol. The van der Waals surface area contributed by atoms with Crippen LogP contribution in [0.4, 0.5) is 17.6 Å². The van der Waals surface area contributed by atoms with E-state index in [1.54, 1.807) is 6.92 Å². The van der Waals surface area contributed by atoms with Crippen LogP contribution >= 0.6 is 0 Å². The highest BCUT2D eigenvalue weighted by Gasteiger charge is 2.19. The Morgan fingerprint density at radius 1 is 0.697 bits per heavy atom. The van der Waals surface area contributed by atoms with Crippen molar-refractivity contribution < 1.29 is 17.6 Å². The Morgan fingerprint density at radius 2 is 1.09 bits per heavy atom. The van der Waals surface area contributed by atoms with Crippen molar-refractivity contribution in [1.29, 1.82) is 0 Å². The molecule has 0 aromatic rings. The first kappa shape index (κ1) is 32.3. The zero-order valence-corrected chi connectivity index (χ0v) is 20.6. The van der Waals surface area contributed by atoms with E-state index in [9.17, 15) is 17.6 Å². The van der Waals surface area contributed by atoms with Gasteiger partial charge in [0, 0.05) is 11.1 Å². The van der Waals surface area contributed by atoms with Crippen LogP contribution in [0.5, 0.6) is 0 Å². The highest BCUT2D eigenvalue weighted by atomic mass is 19.2. The maximum Gasteiger partial charge on any atom is 0.166 e. The van der Waals surface area contributed by atoms with E-state index in [1.807, 2.05) is 0 Å². The molecule has 0 saturated carbocycles. The largest absolute Gasteiger partial charge is 0.203 e. The number of allylic oxidation sites excluding steroid dienone is 12. The average molecular weight is 463 g/mol. The molecule has 0 aliphatic heterocycles. The SMILES string of the molecule is C=C.C=C(/C=C\C(=C)C(=C)/C(F)=C(/F)C(=C)C(C)CCC(C)CC)C(=C)/C(F)=C(/F)C(=C)C. The van der Waals surface area contributed by atoms with E-state index >= 15 is 0 Å². The van der Waals surface area contributed by atoms with Crippen molar-refractivity contribution in [3.8, 4) is 0 Å². The average Bonchev–Trinajstić information content (AvgIpc) is 2.82. The van der Waals surface area contributed by atoms with Gasteiger partial charge in [-0.25, -0.2) is 17.6 Å². The van der Waals surface area contributed by atoms with E-state index in [2.05, 4.69) is 66.5 Å². The lowest BCUT2D eigenvalue weighted by Crippen LogP contribution is -2.04. The highest BCUT2D eigenvalue weighted by molar-refractivity contribution is 5.54. The Morgan fingerprint density at radius 3 is 1.45 bits per heavy atom. The molecule has 0 spiro atoms. The highest BCUT2D eigenvalue weighted by Crippen LogP contribution is 2.32. The van der Waals surface area contributed by atoms with Gasteiger partial charge < -0.3 is 0 Å². The zero-order chi connectivity index (χ0) is 26.5. The number of hydrogen-bond donors (Lipinski definition) is 0. The van der Waals surface area contributed by atoms with Crippen LogP contribution in [0.1, 0.15) is 47.0 Å². The Kier molecular flexibility index (Phi) is 15.5. The van der Waals surface area contributed by atoms with Gasteiger partial charge in [0.2, 0.25) is 0 Å². The van der Waals surface area contributed by atoms with Gasteiger partial charge in [-0.15, -0.1) is 13.2 Å². The lowest BCUT2D eigenvalue weighted by Gasteiger charge is -2.16. The minimum absolute atomic E-state index is 0.0378. The van der Waals surface area contributed by atoms with Gasteiger partial charge in [-0.3, -0.25) is 0 Å². The van der Waals surface area contributed by atoms with Crippen molar-refractivity contribution in [1.82, 2.24) is 0 Å². The molecule has 0 nitrogen and oxygen atoms in total. The van der Waals surface area contributed by atoms with Crippen molar-refractivity contribution in [3.63, 3.8) is 0 Å². The molecule has 0 rings (SSSR count). The molecule has 0 fully saturated rings. The van der Waals surface area contributed by atoms with E-state index in [-0.39, 0.29) is 39.4 Å². The first-order chi connectivity index (χ1) is 15.3. The van der Waals surface area contributed by atoms with Crippen LogP contribution < -0.4 is 0 Å². The van der Waals surface area contributed by atoms with E-state index in [1.165, 1.54) is 19.1 Å². The fourth-order valence-corrected chi connectivity index (χ4v) is 2.41. The van der Waals surface area contributed by atoms with Crippen LogP contribution in [0.15, 0.2) is 122 Å². The number of rotatable bonds is 13. The van der Waals surface area contributed by atoms with E-state index in [0.29, 0.717) is 12.3 Å².